The fourth-order valence-corrected chi connectivity index (χ4v) is 4.85. The zero-order valence-electron chi connectivity index (χ0n) is 16.3. The molecule has 0 unspecified atom stereocenters. The highest BCUT2D eigenvalue weighted by molar-refractivity contribution is 6.61. The molecular weight excluding hydrogens is 416 g/mol. The maximum absolute atomic E-state index is 14.1. The van der Waals surface area contributed by atoms with E-state index in [1.807, 2.05) is 36.4 Å². The van der Waals surface area contributed by atoms with Crippen LogP contribution < -0.4 is 0 Å². The van der Waals surface area contributed by atoms with Crippen molar-refractivity contribution in [3.8, 4) is 0 Å². The van der Waals surface area contributed by atoms with Gasteiger partial charge in [-0.25, -0.2) is 17.6 Å². The maximum atomic E-state index is 14.1. The standard InChI is InChI=1S/C27H12F4O/c28-16-7-14(8-17(29)11-16)23-25-20-5-1-3-13-4-2-6-21(22(13)20)26(25)24(27(23)32)15-9-18(30)12-19(31)10-15/h1-12H. The minimum absolute atomic E-state index is 0.0803. The Morgan fingerprint density at radius 2 is 0.906 bits per heavy atom. The molecule has 0 bridgehead atoms. The van der Waals surface area contributed by atoms with E-state index in [0.717, 1.165) is 58.3 Å². The number of halogens is 4. The van der Waals surface area contributed by atoms with E-state index >= 15 is 0 Å². The van der Waals surface area contributed by atoms with Gasteiger partial charge < -0.3 is 0 Å². The molecule has 0 saturated heterocycles. The molecule has 4 aromatic carbocycles. The van der Waals surface area contributed by atoms with Crippen molar-refractivity contribution in [3.63, 3.8) is 0 Å². The first-order chi connectivity index (χ1) is 15.4. The molecule has 0 amide bonds. The lowest BCUT2D eigenvalue weighted by Crippen LogP contribution is -2.04. The van der Waals surface area contributed by atoms with Gasteiger partial charge in [-0.05, 0) is 57.3 Å². The minimum Gasteiger partial charge on any atom is -0.289 e. The monoisotopic (exact) mass is 428 g/mol. The Labute approximate surface area is 179 Å². The quantitative estimate of drug-likeness (QED) is 0.321. The number of carbonyl (C=O) groups is 1. The number of rotatable bonds is 2. The lowest BCUT2D eigenvalue weighted by molar-refractivity contribution is -0.108. The zero-order chi connectivity index (χ0) is 22.1. The molecule has 0 N–H and O–H groups in total. The first-order valence-electron chi connectivity index (χ1n) is 9.91. The van der Waals surface area contributed by atoms with E-state index in [2.05, 4.69) is 0 Å². The number of allylic oxidation sites excluding steroid dienone is 4. The van der Waals surface area contributed by atoms with Gasteiger partial charge in [0, 0.05) is 34.4 Å². The summed E-state index contributed by atoms with van der Waals surface area (Å²) in [7, 11) is 0. The Balaban J connectivity index is 1.75. The van der Waals surface area contributed by atoms with Crippen LogP contribution in [0.15, 0.2) is 72.8 Å². The van der Waals surface area contributed by atoms with E-state index in [-0.39, 0.29) is 22.3 Å². The molecular formula is C27H12F4O. The Bertz CT molecular complexity index is 1420. The van der Waals surface area contributed by atoms with Crippen LogP contribution >= 0.6 is 0 Å². The van der Waals surface area contributed by atoms with Crippen molar-refractivity contribution in [1.29, 1.82) is 0 Å². The van der Waals surface area contributed by atoms with Crippen LogP contribution in [0.2, 0.25) is 0 Å². The number of ketones is 1. The SMILES string of the molecule is O=C1C(c2cc(F)cc(F)c2)=C2C(=C1c1cc(F)cc(F)c1)c1cccc3cccc2c13. The summed E-state index contributed by atoms with van der Waals surface area (Å²) in [4.78, 5) is 13.7. The molecule has 32 heavy (non-hydrogen) atoms. The predicted octanol–water partition coefficient (Wildman–Crippen LogP) is 6.81. The van der Waals surface area contributed by atoms with E-state index < -0.39 is 29.1 Å². The van der Waals surface area contributed by atoms with Crippen LogP contribution in [0.4, 0.5) is 17.6 Å². The lowest BCUT2D eigenvalue weighted by Gasteiger charge is -2.10. The number of hydrogen-bond acceptors (Lipinski definition) is 1. The van der Waals surface area contributed by atoms with E-state index in [1.54, 1.807) is 0 Å². The molecule has 2 aliphatic rings. The summed E-state index contributed by atoms with van der Waals surface area (Å²) in [6.45, 7) is 0. The van der Waals surface area contributed by atoms with Crippen molar-refractivity contribution in [2.45, 2.75) is 0 Å². The van der Waals surface area contributed by atoms with Crippen LogP contribution in [0.5, 0.6) is 0 Å². The smallest absolute Gasteiger partial charge is 0.195 e. The molecule has 0 atom stereocenters. The Morgan fingerprint density at radius 3 is 1.31 bits per heavy atom. The highest BCUT2D eigenvalue weighted by Gasteiger charge is 2.40. The van der Waals surface area contributed by atoms with Gasteiger partial charge in [-0.15, -0.1) is 0 Å². The third-order valence-electron chi connectivity index (χ3n) is 5.95. The van der Waals surface area contributed by atoms with Crippen LogP contribution in [-0.2, 0) is 4.79 Å². The minimum atomic E-state index is -0.818. The van der Waals surface area contributed by atoms with Gasteiger partial charge in [0.25, 0.3) is 0 Å². The van der Waals surface area contributed by atoms with Gasteiger partial charge in [0.2, 0.25) is 0 Å². The first kappa shape index (κ1) is 18.8. The molecule has 154 valence electrons. The highest BCUT2D eigenvalue weighted by Crippen LogP contribution is 2.56. The van der Waals surface area contributed by atoms with Crippen LogP contribution in [0.1, 0.15) is 22.3 Å². The fourth-order valence-electron chi connectivity index (χ4n) is 4.85. The summed E-state index contributed by atoms with van der Waals surface area (Å²) in [5.74, 6) is -3.80. The number of carbonyl (C=O) groups excluding carboxylic acids is 1. The molecule has 2 aliphatic carbocycles. The molecule has 0 fully saturated rings. The second kappa shape index (κ2) is 6.50. The van der Waals surface area contributed by atoms with Crippen LogP contribution in [0, 0.1) is 23.3 Å². The van der Waals surface area contributed by atoms with Crippen LogP contribution in [0.25, 0.3) is 33.1 Å². The topological polar surface area (TPSA) is 17.1 Å². The molecule has 1 nitrogen and oxygen atoms in total. The van der Waals surface area contributed by atoms with E-state index in [0.29, 0.717) is 11.1 Å². The molecule has 0 aliphatic heterocycles. The molecule has 0 heterocycles. The average molecular weight is 428 g/mol. The summed E-state index contributed by atoms with van der Waals surface area (Å²) in [5.41, 5.74) is 2.91. The van der Waals surface area contributed by atoms with Crippen LogP contribution in [-0.4, -0.2) is 5.78 Å². The first-order valence-corrected chi connectivity index (χ1v) is 9.91. The number of hydrogen-bond donors (Lipinski definition) is 0. The van der Waals surface area contributed by atoms with Gasteiger partial charge in [-0.3, -0.25) is 4.79 Å². The Morgan fingerprint density at radius 1 is 0.500 bits per heavy atom. The van der Waals surface area contributed by atoms with Gasteiger partial charge in [0.15, 0.2) is 5.78 Å². The van der Waals surface area contributed by atoms with Crippen molar-refractivity contribution >= 4 is 38.8 Å². The second-order valence-electron chi connectivity index (χ2n) is 7.85. The number of fused-ring (bicyclic) bond motifs is 3. The molecule has 0 aromatic heterocycles. The largest absolute Gasteiger partial charge is 0.289 e. The summed E-state index contributed by atoms with van der Waals surface area (Å²) < 4.78 is 56.3. The number of Topliss-reactive ketones (excluding diaryl/α,β-unsaturated/α-hetero) is 1. The molecule has 0 spiro atoms. The van der Waals surface area contributed by atoms with Crippen molar-refractivity contribution in [2.24, 2.45) is 0 Å². The Hall–Kier alpha value is -3.99. The molecule has 6 rings (SSSR count). The van der Waals surface area contributed by atoms with Crippen molar-refractivity contribution in [2.75, 3.05) is 0 Å². The third kappa shape index (κ3) is 2.54. The summed E-state index contributed by atoms with van der Waals surface area (Å²) >= 11 is 0. The molecule has 0 saturated carbocycles. The fraction of sp³-hybridized carbons (Fsp3) is 0. The Kier molecular flexibility index (Phi) is 3.81. The average Bonchev–Trinajstić information content (AvgIpc) is 3.20. The van der Waals surface area contributed by atoms with Gasteiger partial charge in [0.1, 0.15) is 23.3 Å². The molecule has 0 radical (unpaired) electrons. The zero-order valence-corrected chi connectivity index (χ0v) is 16.3. The van der Waals surface area contributed by atoms with E-state index in [1.165, 1.54) is 0 Å². The molecule has 4 aromatic rings. The van der Waals surface area contributed by atoms with Crippen molar-refractivity contribution in [3.05, 3.63) is 118 Å². The van der Waals surface area contributed by atoms with E-state index in [9.17, 15) is 22.4 Å². The van der Waals surface area contributed by atoms with Crippen LogP contribution in [0.3, 0.4) is 0 Å². The lowest BCUT2D eigenvalue weighted by atomic mass is 9.93. The normalized spacial score (nSPS) is 14.7. The highest BCUT2D eigenvalue weighted by atomic mass is 19.1. The summed E-state index contributed by atoms with van der Waals surface area (Å²) in [5, 5.41) is 1.81. The van der Waals surface area contributed by atoms with Gasteiger partial charge in [0.05, 0.1) is 0 Å². The maximum Gasteiger partial charge on any atom is 0.195 e. The van der Waals surface area contributed by atoms with E-state index in [4.69, 9.17) is 0 Å². The third-order valence-corrected chi connectivity index (χ3v) is 5.95. The summed E-state index contributed by atoms with van der Waals surface area (Å²) in [6, 6.07) is 17.1. The van der Waals surface area contributed by atoms with Crippen molar-refractivity contribution < 1.29 is 22.4 Å². The number of benzene rings is 4. The predicted molar refractivity (Wildman–Crippen MR) is 115 cm³/mol. The van der Waals surface area contributed by atoms with Gasteiger partial charge >= 0.3 is 0 Å². The molecule has 5 heteroatoms. The van der Waals surface area contributed by atoms with Gasteiger partial charge in [-0.2, -0.15) is 0 Å². The summed E-state index contributed by atoms with van der Waals surface area (Å²) in [6.07, 6.45) is 0. The van der Waals surface area contributed by atoms with Crippen molar-refractivity contribution in [1.82, 2.24) is 0 Å². The second-order valence-corrected chi connectivity index (χ2v) is 7.85. The van der Waals surface area contributed by atoms with Gasteiger partial charge in [-0.1, -0.05) is 36.4 Å².